The number of carbonyl (C=O) groups excluding carboxylic acids is 2. The minimum absolute atomic E-state index is 0.00820. The van der Waals surface area contributed by atoms with Crippen molar-refractivity contribution in [3.8, 4) is 0 Å². The fraction of sp³-hybridized carbons (Fsp3) is 0.421. The smallest absolute Gasteiger partial charge is 0.217 e. The zero-order valence-electron chi connectivity index (χ0n) is 27.0. The zero-order valence-corrected chi connectivity index (χ0v) is 27.0. The third-order valence-corrected chi connectivity index (χ3v) is 7.38. The summed E-state index contributed by atoms with van der Waals surface area (Å²) < 4.78 is 0. The Morgan fingerprint density at radius 1 is 0.854 bits per heavy atom. The SMILES string of the molecule is C=C(CC)C1C(C)C1(C)c1ccccc1.CC(=O)CC(C)(C)C.CC(=O)NCc1ccccc1.Cc1ccccc1. The molecule has 1 saturated carbocycles. The van der Waals surface area contributed by atoms with Crippen molar-refractivity contribution < 1.29 is 9.59 Å². The summed E-state index contributed by atoms with van der Waals surface area (Å²) in [6, 6.07) is 31.0. The van der Waals surface area contributed by atoms with Crippen LogP contribution in [0.2, 0.25) is 0 Å². The van der Waals surface area contributed by atoms with Crippen molar-refractivity contribution in [2.75, 3.05) is 0 Å². The van der Waals surface area contributed by atoms with Crippen molar-refractivity contribution in [1.29, 1.82) is 0 Å². The second kappa shape index (κ2) is 17.4. The summed E-state index contributed by atoms with van der Waals surface area (Å²) in [5.41, 5.74) is 5.84. The van der Waals surface area contributed by atoms with Gasteiger partial charge in [-0.25, -0.2) is 0 Å². The van der Waals surface area contributed by atoms with E-state index in [1.807, 2.05) is 48.5 Å². The van der Waals surface area contributed by atoms with Gasteiger partial charge in [-0.2, -0.15) is 0 Å². The summed E-state index contributed by atoms with van der Waals surface area (Å²) in [5.74, 6) is 1.71. The van der Waals surface area contributed by atoms with Gasteiger partial charge in [-0.3, -0.25) is 4.79 Å². The molecule has 0 bridgehead atoms. The van der Waals surface area contributed by atoms with E-state index in [9.17, 15) is 9.59 Å². The number of benzene rings is 3. The highest BCUT2D eigenvalue weighted by Crippen LogP contribution is 2.62. The van der Waals surface area contributed by atoms with Crippen LogP contribution < -0.4 is 5.32 Å². The van der Waals surface area contributed by atoms with Gasteiger partial charge in [0.2, 0.25) is 5.91 Å². The highest BCUT2D eigenvalue weighted by molar-refractivity contribution is 5.76. The molecular weight excluding hydrogens is 502 g/mol. The van der Waals surface area contributed by atoms with E-state index >= 15 is 0 Å². The van der Waals surface area contributed by atoms with Crippen molar-refractivity contribution in [3.05, 3.63) is 120 Å². The van der Waals surface area contributed by atoms with Gasteiger partial charge in [-0.05, 0) is 48.6 Å². The molecular formula is C38H53NO2. The van der Waals surface area contributed by atoms with Crippen molar-refractivity contribution >= 4 is 11.7 Å². The molecule has 1 aliphatic rings. The molecule has 1 N–H and O–H groups in total. The largest absolute Gasteiger partial charge is 0.352 e. The Hall–Kier alpha value is -3.46. The van der Waals surface area contributed by atoms with Crippen LogP contribution in [0, 0.1) is 24.2 Å². The Morgan fingerprint density at radius 3 is 1.66 bits per heavy atom. The molecule has 1 amide bonds. The van der Waals surface area contributed by atoms with Crippen LogP contribution in [0.3, 0.4) is 0 Å². The molecule has 41 heavy (non-hydrogen) atoms. The van der Waals surface area contributed by atoms with Crippen LogP contribution in [0.5, 0.6) is 0 Å². The fourth-order valence-corrected chi connectivity index (χ4v) is 5.07. The highest BCUT2D eigenvalue weighted by Gasteiger charge is 2.59. The van der Waals surface area contributed by atoms with Crippen molar-refractivity contribution in [3.63, 3.8) is 0 Å². The topological polar surface area (TPSA) is 46.2 Å². The molecule has 3 atom stereocenters. The van der Waals surface area contributed by atoms with Gasteiger partial charge >= 0.3 is 0 Å². The van der Waals surface area contributed by atoms with Crippen LogP contribution in [-0.4, -0.2) is 11.7 Å². The molecule has 0 spiro atoms. The Bertz CT molecular complexity index is 1180. The first kappa shape index (κ1) is 35.6. The number of hydrogen-bond donors (Lipinski definition) is 1. The Morgan fingerprint density at radius 2 is 1.32 bits per heavy atom. The van der Waals surface area contributed by atoms with E-state index < -0.39 is 0 Å². The lowest BCUT2D eigenvalue weighted by molar-refractivity contribution is -0.119. The van der Waals surface area contributed by atoms with Crippen molar-refractivity contribution in [2.45, 2.75) is 87.1 Å². The summed E-state index contributed by atoms with van der Waals surface area (Å²) in [6.07, 6.45) is 1.80. The lowest BCUT2D eigenvalue weighted by Gasteiger charge is -2.14. The number of carbonyl (C=O) groups is 2. The van der Waals surface area contributed by atoms with Crippen LogP contribution in [0.15, 0.2) is 103 Å². The van der Waals surface area contributed by atoms with Gasteiger partial charge < -0.3 is 10.1 Å². The number of amides is 1. The first-order chi connectivity index (χ1) is 19.2. The maximum atomic E-state index is 10.5. The number of ketones is 1. The predicted molar refractivity (Wildman–Crippen MR) is 176 cm³/mol. The average Bonchev–Trinajstić information content (AvgIpc) is 3.49. The Kier molecular flexibility index (Phi) is 15.1. The molecule has 3 nitrogen and oxygen atoms in total. The summed E-state index contributed by atoms with van der Waals surface area (Å²) in [5, 5.41) is 2.72. The molecule has 0 saturated heterocycles. The number of nitrogens with one attached hydrogen (secondary N) is 1. The fourth-order valence-electron chi connectivity index (χ4n) is 5.07. The molecule has 0 radical (unpaired) electrons. The minimum atomic E-state index is 0.00820. The summed E-state index contributed by atoms with van der Waals surface area (Å²) >= 11 is 0. The lowest BCUT2D eigenvalue weighted by atomic mass is 9.91. The Labute approximate surface area is 250 Å². The molecule has 0 heterocycles. The maximum Gasteiger partial charge on any atom is 0.217 e. The van der Waals surface area contributed by atoms with E-state index in [1.54, 1.807) is 6.92 Å². The van der Waals surface area contributed by atoms with E-state index in [4.69, 9.17) is 0 Å². The highest BCUT2D eigenvalue weighted by atomic mass is 16.1. The minimum Gasteiger partial charge on any atom is -0.352 e. The maximum absolute atomic E-state index is 10.5. The first-order valence-corrected chi connectivity index (χ1v) is 14.7. The summed E-state index contributed by atoms with van der Waals surface area (Å²) in [7, 11) is 0. The Balaban J connectivity index is 0.000000287. The van der Waals surface area contributed by atoms with Gasteiger partial charge in [-0.1, -0.05) is 150 Å². The molecule has 0 aliphatic heterocycles. The molecule has 3 aromatic rings. The second-order valence-corrected chi connectivity index (χ2v) is 12.4. The average molecular weight is 556 g/mol. The number of allylic oxidation sites excluding steroid dienone is 1. The van der Waals surface area contributed by atoms with Crippen LogP contribution in [-0.2, 0) is 21.5 Å². The molecule has 1 aliphatic carbocycles. The molecule has 3 unspecified atom stereocenters. The van der Waals surface area contributed by atoms with E-state index in [-0.39, 0.29) is 17.1 Å². The van der Waals surface area contributed by atoms with Crippen LogP contribution in [0.25, 0.3) is 0 Å². The molecule has 3 aromatic carbocycles. The van der Waals surface area contributed by atoms with Gasteiger partial charge in [0.25, 0.3) is 0 Å². The van der Waals surface area contributed by atoms with E-state index in [1.165, 1.54) is 23.6 Å². The van der Waals surface area contributed by atoms with Gasteiger partial charge in [0.05, 0.1) is 0 Å². The van der Waals surface area contributed by atoms with Crippen molar-refractivity contribution in [2.24, 2.45) is 17.3 Å². The zero-order chi connectivity index (χ0) is 31.1. The molecule has 1 fully saturated rings. The van der Waals surface area contributed by atoms with Crippen molar-refractivity contribution in [1.82, 2.24) is 5.32 Å². The summed E-state index contributed by atoms with van der Waals surface area (Å²) in [6.45, 7) is 23.2. The monoisotopic (exact) mass is 555 g/mol. The number of Topliss-reactive ketones (excluding diaryl/α,β-unsaturated/α-hetero) is 1. The third-order valence-electron chi connectivity index (χ3n) is 7.38. The van der Waals surface area contributed by atoms with Gasteiger partial charge in [0, 0.05) is 25.3 Å². The van der Waals surface area contributed by atoms with E-state index in [0.717, 1.165) is 17.9 Å². The van der Waals surface area contributed by atoms with Crippen LogP contribution in [0.4, 0.5) is 0 Å². The predicted octanol–water partition coefficient (Wildman–Crippen LogP) is 9.51. The van der Waals surface area contributed by atoms with E-state index in [0.29, 0.717) is 24.3 Å². The van der Waals surface area contributed by atoms with Gasteiger partial charge in [0.1, 0.15) is 5.78 Å². The van der Waals surface area contributed by atoms with Crippen LogP contribution >= 0.6 is 0 Å². The number of aryl methyl sites for hydroxylation is 1. The van der Waals surface area contributed by atoms with Gasteiger partial charge in [0.15, 0.2) is 0 Å². The third kappa shape index (κ3) is 13.6. The number of rotatable bonds is 6. The standard InChI is InChI=1S/C15H20.C9H11NO.C7H14O.C7H8/c1-5-11(2)14-12(3)15(14,4)13-9-7-6-8-10-13;1-8(11)10-7-9-5-3-2-4-6-9;1-6(8)5-7(2,3)4;1-7-5-3-2-4-6-7/h6-10,12,14H,2,5H2,1,3-4H3;2-6H,7H2,1H3,(H,10,11);5H2,1-4H3;2-6H,1H3. The second-order valence-electron chi connectivity index (χ2n) is 12.4. The summed E-state index contributed by atoms with van der Waals surface area (Å²) in [4.78, 5) is 21.0. The van der Waals surface area contributed by atoms with Gasteiger partial charge in [-0.15, -0.1) is 0 Å². The lowest BCUT2D eigenvalue weighted by Crippen LogP contribution is -2.18. The number of hydrogen-bond acceptors (Lipinski definition) is 2. The van der Waals surface area contributed by atoms with Crippen LogP contribution in [0.1, 0.15) is 84.9 Å². The normalized spacial score (nSPS) is 18.6. The molecule has 3 heteroatoms. The first-order valence-electron chi connectivity index (χ1n) is 14.7. The quantitative estimate of drug-likeness (QED) is 0.308. The molecule has 0 aromatic heterocycles. The van der Waals surface area contributed by atoms with E-state index in [2.05, 4.69) is 103 Å². The molecule has 222 valence electrons. The molecule has 4 rings (SSSR count).